The molecule has 0 bridgehead atoms. The maximum Gasteiger partial charge on any atom is 0.0155 e. The van der Waals surface area contributed by atoms with Crippen molar-refractivity contribution in [3.63, 3.8) is 0 Å². The number of hydrogen-bond donors (Lipinski definition) is 2. The molecule has 0 amide bonds. The molecule has 2 atom stereocenters. The molecule has 2 unspecified atom stereocenters. The molecule has 3 rings (SSSR count). The maximum absolute atomic E-state index is 4.41. The van der Waals surface area contributed by atoms with E-state index >= 15 is 0 Å². The molecule has 3 aromatic carbocycles. The van der Waals surface area contributed by atoms with Crippen LogP contribution in [0.2, 0.25) is 0 Å². The van der Waals surface area contributed by atoms with Crippen LogP contribution in [-0.2, 0) is 0 Å². The molecule has 0 radical (unpaired) electrons. The van der Waals surface area contributed by atoms with Crippen LogP contribution in [0, 0.1) is 0 Å². The van der Waals surface area contributed by atoms with Gasteiger partial charge in [0.2, 0.25) is 0 Å². The van der Waals surface area contributed by atoms with Crippen LogP contribution in [0.5, 0.6) is 0 Å². The maximum atomic E-state index is 4.41. The van der Waals surface area contributed by atoms with Crippen LogP contribution in [-0.4, -0.2) is 0 Å². The lowest BCUT2D eigenvalue weighted by Crippen LogP contribution is -2.10. The number of hydrogen-bond acceptors (Lipinski definition) is 2. The molecule has 0 saturated carbocycles. The molecule has 0 aromatic heterocycles. The fourth-order valence-corrected chi connectivity index (χ4v) is 3.38. The summed E-state index contributed by atoms with van der Waals surface area (Å²) in [7, 11) is 0. The lowest BCUT2D eigenvalue weighted by molar-refractivity contribution is 0.656. The molecule has 0 aliphatic carbocycles. The average molecular weight is 337 g/mol. The molecule has 23 heavy (non-hydrogen) atoms. The molecule has 0 aliphatic heterocycles. The van der Waals surface area contributed by atoms with E-state index in [9.17, 15) is 0 Å². The zero-order valence-electron chi connectivity index (χ0n) is 13.1. The summed E-state index contributed by atoms with van der Waals surface area (Å²) >= 11 is 8.81. The Balaban J connectivity index is 2.04. The SMILES string of the molecule is CC(c1ccc(S)cc1)C(c1ccccc1)c1ccc(S)cc1. The van der Waals surface area contributed by atoms with E-state index in [0.717, 1.165) is 9.79 Å². The van der Waals surface area contributed by atoms with E-state index in [1.165, 1.54) is 16.7 Å². The second-order valence-electron chi connectivity index (χ2n) is 5.86. The van der Waals surface area contributed by atoms with Crippen molar-refractivity contribution in [2.45, 2.75) is 28.6 Å². The van der Waals surface area contributed by atoms with E-state index in [4.69, 9.17) is 0 Å². The van der Waals surface area contributed by atoms with Gasteiger partial charge in [0.25, 0.3) is 0 Å². The molecule has 0 heterocycles. The van der Waals surface area contributed by atoms with Gasteiger partial charge in [-0.15, -0.1) is 25.3 Å². The van der Waals surface area contributed by atoms with Crippen LogP contribution < -0.4 is 0 Å². The van der Waals surface area contributed by atoms with E-state index in [2.05, 4.69) is 111 Å². The van der Waals surface area contributed by atoms with Crippen molar-refractivity contribution in [3.8, 4) is 0 Å². The molecule has 3 aromatic rings. The van der Waals surface area contributed by atoms with Gasteiger partial charge < -0.3 is 0 Å². The Morgan fingerprint density at radius 1 is 0.565 bits per heavy atom. The molecule has 0 N–H and O–H groups in total. The Kier molecular flexibility index (Phi) is 5.14. The van der Waals surface area contributed by atoms with Crippen molar-refractivity contribution in [3.05, 3.63) is 95.6 Å². The molecule has 0 fully saturated rings. The van der Waals surface area contributed by atoms with Gasteiger partial charge >= 0.3 is 0 Å². The third-order valence-electron chi connectivity index (χ3n) is 4.33. The van der Waals surface area contributed by atoms with Crippen molar-refractivity contribution in [2.24, 2.45) is 0 Å². The van der Waals surface area contributed by atoms with E-state index in [1.807, 2.05) is 0 Å². The van der Waals surface area contributed by atoms with Gasteiger partial charge in [0.1, 0.15) is 0 Å². The van der Waals surface area contributed by atoms with Gasteiger partial charge in [0, 0.05) is 15.7 Å². The summed E-state index contributed by atoms with van der Waals surface area (Å²) < 4.78 is 0. The van der Waals surface area contributed by atoms with E-state index in [0.29, 0.717) is 11.8 Å². The Morgan fingerprint density at radius 3 is 1.52 bits per heavy atom. The van der Waals surface area contributed by atoms with Crippen molar-refractivity contribution in [1.29, 1.82) is 0 Å². The molecule has 2 heteroatoms. The first-order valence-corrected chi connectivity index (χ1v) is 8.67. The van der Waals surface area contributed by atoms with Crippen molar-refractivity contribution < 1.29 is 0 Å². The summed E-state index contributed by atoms with van der Waals surface area (Å²) in [5, 5.41) is 0. The minimum atomic E-state index is 0.316. The van der Waals surface area contributed by atoms with Crippen molar-refractivity contribution >= 4 is 25.3 Å². The third-order valence-corrected chi connectivity index (χ3v) is 4.93. The first-order chi connectivity index (χ1) is 11.1. The predicted octanol–water partition coefficient (Wildman–Crippen LogP) is 6.20. The summed E-state index contributed by atoms with van der Waals surface area (Å²) in [4.78, 5) is 1.99. The van der Waals surface area contributed by atoms with Crippen LogP contribution >= 0.6 is 25.3 Å². The van der Waals surface area contributed by atoms with E-state index in [1.54, 1.807) is 0 Å². The minimum Gasteiger partial charge on any atom is -0.143 e. The van der Waals surface area contributed by atoms with Crippen molar-refractivity contribution in [2.75, 3.05) is 0 Å². The van der Waals surface area contributed by atoms with Gasteiger partial charge in [-0.2, -0.15) is 0 Å². The first-order valence-electron chi connectivity index (χ1n) is 7.78. The standard InChI is InChI=1S/C21H20S2/c1-15(16-7-11-19(22)12-8-16)21(17-5-3-2-4-6-17)18-9-13-20(23)14-10-18/h2-15,21-23H,1H3. The number of thiol groups is 2. The highest BCUT2D eigenvalue weighted by atomic mass is 32.1. The monoisotopic (exact) mass is 336 g/mol. The average Bonchev–Trinajstić information content (AvgIpc) is 2.58. The van der Waals surface area contributed by atoms with Crippen LogP contribution in [0.25, 0.3) is 0 Å². The van der Waals surface area contributed by atoms with Gasteiger partial charge in [-0.3, -0.25) is 0 Å². The quantitative estimate of drug-likeness (QED) is 0.521. The molecular formula is C21H20S2. The molecule has 0 nitrogen and oxygen atoms in total. The van der Waals surface area contributed by atoms with E-state index in [-0.39, 0.29) is 0 Å². The molecule has 116 valence electrons. The van der Waals surface area contributed by atoms with Crippen LogP contribution in [0.15, 0.2) is 88.7 Å². The highest BCUT2D eigenvalue weighted by Gasteiger charge is 2.22. The number of benzene rings is 3. The summed E-state index contributed by atoms with van der Waals surface area (Å²) in [5.74, 6) is 0.688. The summed E-state index contributed by atoms with van der Waals surface area (Å²) in [6, 6.07) is 27.7. The first kappa shape index (κ1) is 16.2. The molecule has 0 aliphatic rings. The van der Waals surface area contributed by atoms with E-state index < -0.39 is 0 Å². The Labute approximate surface area is 149 Å². The van der Waals surface area contributed by atoms with Crippen LogP contribution in [0.4, 0.5) is 0 Å². The smallest absolute Gasteiger partial charge is 0.0155 e. The zero-order valence-corrected chi connectivity index (χ0v) is 14.8. The van der Waals surface area contributed by atoms with Crippen molar-refractivity contribution in [1.82, 2.24) is 0 Å². The fourth-order valence-electron chi connectivity index (χ4n) is 3.08. The van der Waals surface area contributed by atoms with Crippen LogP contribution in [0.1, 0.15) is 35.4 Å². The molecular weight excluding hydrogens is 316 g/mol. The minimum absolute atomic E-state index is 0.316. The zero-order chi connectivity index (χ0) is 16.2. The Morgan fingerprint density at radius 2 is 1.00 bits per heavy atom. The van der Waals surface area contributed by atoms with Crippen LogP contribution in [0.3, 0.4) is 0 Å². The Bertz CT molecular complexity index is 746. The lowest BCUT2D eigenvalue weighted by atomic mass is 9.78. The summed E-state index contributed by atoms with van der Waals surface area (Å²) in [6.45, 7) is 2.29. The van der Waals surface area contributed by atoms with Gasteiger partial charge in [0.15, 0.2) is 0 Å². The second kappa shape index (κ2) is 7.29. The van der Waals surface area contributed by atoms with Gasteiger partial charge in [0.05, 0.1) is 0 Å². The summed E-state index contributed by atoms with van der Waals surface area (Å²) in [6.07, 6.45) is 0. The summed E-state index contributed by atoms with van der Waals surface area (Å²) in [5.41, 5.74) is 3.98. The normalized spacial score (nSPS) is 13.5. The topological polar surface area (TPSA) is 0 Å². The Hall–Kier alpha value is -1.64. The largest absolute Gasteiger partial charge is 0.143 e. The molecule has 0 spiro atoms. The fraction of sp³-hybridized carbons (Fsp3) is 0.143. The second-order valence-corrected chi connectivity index (χ2v) is 6.89. The molecule has 0 saturated heterocycles. The third kappa shape index (κ3) is 3.82. The highest BCUT2D eigenvalue weighted by molar-refractivity contribution is 7.80. The van der Waals surface area contributed by atoms with Gasteiger partial charge in [-0.1, -0.05) is 61.5 Å². The highest BCUT2D eigenvalue weighted by Crippen LogP contribution is 2.38. The van der Waals surface area contributed by atoms with Gasteiger partial charge in [-0.25, -0.2) is 0 Å². The van der Waals surface area contributed by atoms with Gasteiger partial charge in [-0.05, 0) is 46.9 Å². The lowest BCUT2D eigenvalue weighted by Gasteiger charge is -2.26. The number of rotatable bonds is 4. The predicted molar refractivity (Wildman–Crippen MR) is 104 cm³/mol.